The zero-order chi connectivity index (χ0) is 9.10. The summed E-state index contributed by atoms with van der Waals surface area (Å²) in [5.74, 6) is -0.397. The summed E-state index contributed by atoms with van der Waals surface area (Å²) in [6, 6.07) is 9.90. The van der Waals surface area contributed by atoms with Crippen molar-refractivity contribution in [1.82, 2.24) is 4.98 Å². The van der Waals surface area contributed by atoms with E-state index in [-0.39, 0.29) is 0 Å². The van der Waals surface area contributed by atoms with Crippen LogP contribution >= 0.6 is 0 Å². The molecule has 0 amide bonds. The highest BCUT2D eigenvalue weighted by atomic mass is 16.4. The molecule has 0 bridgehead atoms. The van der Waals surface area contributed by atoms with Gasteiger partial charge in [0.2, 0.25) is 0 Å². The molecule has 0 fully saturated rings. The van der Waals surface area contributed by atoms with Gasteiger partial charge in [-0.05, 0) is 5.56 Å². The van der Waals surface area contributed by atoms with E-state index in [1.54, 1.807) is 0 Å². The fourth-order valence-corrected chi connectivity index (χ4v) is 1.22. The molecule has 66 valence electrons. The lowest BCUT2D eigenvalue weighted by atomic mass is 10.1. The van der Waals surface area contributed by atoms with Gasteiger partial charge in [0, 0.05) is 6.42 Å². The minimum absolute atomic E-state index is 0.397. The number of aromatic nitrogens is 1. The van der Waals surface area contributed by atoms with Crippen LogP contribution in [0.2, 0.25) is 0 Å². The number of rotatable bonds is 2. The molecule has 0 unspecified atom stereocenters. The summed E-state index contributed by atoms with van der Waals surface area (Å²) in [6.45, 7) is 0. The molecule has 0 radical (unpaired) electrons. The number of H-pyrrole nitrogens is 1. The highest BCUT2D eigenvalue weighted by Crippen LogP contribution is 2.04. The number of aromatic amines is 1. The lowest BCUT2D eigenvalue weighted by Gasteiger charge is -1.95. The summed E-state index contributed by atoms with van der Waals surface area (Å²) in [6.07, 6.45) is 2.15. The molecular weight excluding hydrogens is 166 g/mol. The minimum atomic E-state index is -0.397. The van der Waals surface area contributed by atoms with Gasteiger partial charge >= 0.3 is 5.76 Å². The molecule has 13 heavy (non-hydrogen) atoms. The Morgan fingerprint density at radius 3 is 2.62 bits per heavy atom. The van der Waals surface area contributed by atoms with Crippen LogP contribution in [0.15, 0.2) is 45.8 Å². The van der Waals surface area contributed by atoms with Gasteiger partial charge in [0.15, 0.2) is 0 Å². The van der Waals surface area contributed by atoms with E-state index in [1.807, 2.05) is 30.3 Å². The van der Waals surface area contributed by atoms with Crippen molar-refractivity contribution < 1.29 is 4.42 Å². The van der Waals surface area contributed by atoms with E-state index in [4.69, 9.17) is 0 Å². The molecule has 3 nitrogen and oxygen atoms in total. The van der Waals surface area contributed by atoms with Gasteiger partial charge in [-0.3, -0.25) is 4.98 Å². The maximum atomic E-state index is 10.7. The van der Waals surface area contributed by atoms with Crippen LogP contribution in [0.4, 0.5) is 0 Å². The Bertz CT molecular complexity index is 427. The molecule has 2 aromatic rings. The van der Waals surface area contributed by atoms with E-state index < -0.39 is 5.76 Å². The van der Waals surface area contributed by atoms with Crippen molar-refractivity contribution in [3.63, 3.8) is 0 Å². The molecule has 3 heteroatoms. The topological polar surface area (TPSA) is 46.0 Å². The third-order valence-corrected chi connectivity index (χ3v) is 1.81. The highest BCUT2D eigenvalue weighted by molar-refractivity contribution is 5.19. The van der Waals surface area contributed by atoms with Crippen molar-refractivity contribution in [2.24, 2.45) is 0 Å². The average molecular weight is 175 g/mol. The normalized spacial score (nSPS) is 10.2. The van der Waals surface area contributed by atoms with Crippen LogP contribution in [-0.2, 0) is 6.42 Å². The summed E-state index contributed by atoms with van der Waals surface area (Å²) < 4.78 is 4.63. The summed E-state index contributed by atoms with van der Waals surface area (Å²) in [7, 11) is 0. The molecule has 0 aliphatic rings. The SMILES string of the molecule is O=c1[nH]c(Cc2ccccc2)co1. The van der Waals surface area contributed by atoms with Crippen molar-refractivity contribution in [2.75, 3.05) is 0 Å². The lowest BCUT2D eigenvalue weighted by molar-refractivity contribution is 0.514. The van der Waals surface area contributed by atoms with Crippen molar-refractivity contribution in [3.8, 4) is 0 Å². The first-order chi connectivity index (χ1) is 6.34. The van der Waals surface area contributed by atoms with Crippen molar-refractivity contribution in [3.05, 3.63) is 58.4 Å². The summed E-state index contributed by atoms with van der Waals surface area (Å²) in [5, 5.41) is 0. The van der Waals surface area contributed by atoms with E-state index in [0.717, 1.165) is 11.3 Å². The zero-order valence-corrected chi connectivity index (χ0v) is 6.99. The highest BCUT2D eigenvalue weighted by Gasteiger charge is 1.98. The van der Waals surface area contributed by atoms with Gasteiger partial charge in [0.25, 0.3) is 0 Å². The maximum Gasteiger partial charge on any atom is 0.416 e. The second-order valence-electron chi connectivity index (χ2n) is 2.84. The van der Waals surface area contributed by atoms with Gasteiger partial charge in [0.1, 0.15) is 6.26 Å². The largest absolute Gasteiger partial charge is 0.416 e. The van der Waals surface area contributed by atoms with Crippen LogP contribution in [0, 0.1) is 0 Å². The van der Waals surface area contributed by atoms with Crippen LogP contribution in [-0.4, -0.2) is 4.98 Å². The Morgan fingerprint density at radius 1 is 1.23 bits per heavy atom. The Balaban J connectivity index is 2.20. The van der Waals surface area contributed by atoms with Crippen molar-refractivity contribution in [2.45, 2.75) is 6.42 Å². The van der Waals surface area contributed by atoms with Gasteiger partial charge in [-0.1, -0.05) is 30.3 Å². The molecule has 0 aliphatic heterocycles. The van der Waals surface area contributed by atoms with E-state index in [2.05, 4.69) is 9.40 Å². The van der Waals surface area contributed by atoms with Crippen LogP contribution in [0.1, 0.15) is 11.3 Å². The number of hydrogen-bond acceptors (Lipinski definition) is 2. The van der Waals surface area contributed by atoms with Gasteiger partial charge in [-0.25, -0.2) is 4.79 Å². The molecule has 0 spiro atoms. The Kier molecular flexibility index (Phi) is 2.00. The first-order valence-corrected chi connectivity index (χ1v) is 4.05. The summed E-state index contributed by atoms with van der Waals surface area (Å²) >= 11 is 0. The standard InChI is InChI=1S/C10H9NO2/c12-10-11-9(7-13-10)6-8-4-2-1-3-5-8/h1-5,7H,6H2,(H,11,12). The molecular formula is C10H9NO2. The Hall–Kier alpha value is -1.77. The smallest absolute Gasteiger partial charge is 0.416 e. The number of benzene rings is 1. The van der Waals surface area contributed by atoms with Gasteiger partial charge in [0.05, 0.1) is 5.69 Å². The van der Waals surface area contributed by atoms with E-state index in [9.17, 15) is 4.79 Å². The molecule has 0 saturated heterocycles. The average Bonchev–Trinajstić information content (AvgIpc) is 2.53. The van der Waals surface area contributed by atoms with Gasteiger partial charge in [-0.15, -0.1) is 0 Å². The predicted molar refractivity (Wildman–Crippen MR) is 48.6 cm³/mol. The second-order valence-corrected chi connectivity index (χ2v) is 2.84. The van der Waals surface area contributed by atoms with Crippen molar-refractivity contribution in [1.29, 1.82) is 0 Å². The lowest BCUT2D eigenvalue weighted by Crippen LogP contribution is -1.97. The number of hydrogen-bond donors (Lipinski definition) is 1. The quantitative estimate of drug-likeness (QED) is 0.752. The molecule has 0 aliphatic carbocycles. The van der Waals surface area contributed by atoms with Crippen LogP contribution in [0.25, 0.3) is 0 Å². The molecule has 1 aromatic carbocycles. The van der Waals surface area contributed by atoms with E-state index in [0.29, 0.717) is 6.42 Å². The molecule has 0 saturated carbocycles. The van der Waals surface area contributed by atoms with Gasteiger partial charge < -0.3 is 4.42 Å². The zero-order valence-electron chi connectivity index (χ0n) is 6.99. The third kappa shape index (κ3) is 1.87. The Morgan fingerprint density at radius 2 is 2.00 bits per heavy atom. The minimum Gasteiger partial charge on any atom is -0.416 e. The second kappa shape index (κ2) is 3.31. The molecule has 1 aromatic heterocycles. The van der Waals surface area contributed by atoms with E-state index in [1.165, 1.54) is 6.26 Å². The fourth-order valence-electron chi connectivity index (χ4n) is 1.22. The van der Waals surface area contributed by atoms with Gasteiger partial charge in [-0.2, -0.15) is 0 Å². The monoisotopic (exact) mass is 175 g/mol. The maximum absolute atomic E-state index is 10.7. The Labute approximate surface area is 75.0 Å². The molecule has 2 rings (SSSR count). The van der Waals surface area contributed by atoms with Crippen LogP contribution < -0.4 is 5.76 Å². The molecule has 0 atom stereocenters. The summed E-state index contributed by atoms with van der Waals surface area (Å²) in [5.41, 5.74) is 1.95. The summed E-state index contributed by atoms with van der Waals surface area (Å²) in [4.78, 5) is 13.3. The van der Waals surface area contributed by atoms with Crippen molar-refractivity contribution >= 4 is 0 Å². The molecule has 1 N–H and O–H groups in total. The number of oxazole rings is 1. The molecule has 1 heterocycles. The van der Waals surface area contributed by atoms with Crippen LogP contribution in [0.3, 0.4) is 0 Å². The first-order valence-electron chi connectivity index (χ1n) is 4.05. The van der Waals surface area contributed by atoms with Crippen LogP contribution in [0.5, 0.6) is 0 Å². The first kappa shape index (κ1) is 7.86. The predicted octanol–water partition coefficient (Wildman–Crippen LogP) is 1.56. The number of nitrogens with one attached hydrogen (secondary N) is 1. The fraction of sp³-hybridized carbons (Fsp3) is 0.100. The third-order valence-electron chi connectivity index (χ3n) is 1.81. The van der Waals surface area contributed by atoms with E-state index >= 15 is 0 Å².